The third-order valence-corrected chi connectivity index (χ3v) is 5.05. The molecule has 0 bridgehead atoms. The number of amides is 1. The fourth-order valence-electron chi connectivity index (χ4n) is 3.91. The summed E-state index contributed by atoms with van der Waals surface area (Å²) < 4.78 is 0. The van der Waals surface area contributed by atoms with Crippen molar-refractivity contribution in [3.05, 3.63) is 30.0 Å². The molecular formula is C16H20N4O. The van der Waals surface area contributed by atoms with Crippen LogP contribution in [-0.4, -0.2) is 40.1 Å². The Labute approximate surface area is 123 Å². The zero-order valence-electron chi connectivity index (χ0n) is 12.0. The number of aromatic amines is 1. The molecule has 1 aliphatic heterocycles. The highest BCUT2D eigenvalue weighted by molar-refractivity contribution is 6.04. The lowest BCUT2D eigenvalue weighted by Crippen LogP contribution is -2.32. The molecular weight excluding hydrogens is 264 g/mol. The van der Waals surface area contributed by atoms with E-state index in [4.69, 9.17) is 5.73 Å². The van der Waals surface area contributed by atoms with Gasteiger partial charge >= 0.3 is 0 Å². The standard InChI is InChI=1S/C16H20N4O/c17-12-6-5-10-8-20(9-11(10)7-12)16(21)15-13-3-1-2-4-14(13)18-19-15/h1-4,10-12H,5-9,17H2,(H,18,19)/t10-,11+,12?/m1/s1. The molecule has 1 aromatic heterocycles. The monoisotopic (exact) mass is 284 g/mol. The van der Waals surface area contributed by atoms with Crippen molar-refractivity contribution in [2.45, 2.75) is 25.3 Å². The van der Waals surface area contributed by atoms with Crippen LogP contribution in [0.2, 0.25) is 0 Å². The van der Waals surface area contributed by atoms with Crippen LogP contribution in [0.25, 0.3) is 10.9 Å². The van der Waals surface area contributed by atoms with Crippen LogP contribution in [0.5, 0.6) is 0 Å². The van der Waals surface area contributed by atoms with Crippen LogP contribution in [0.1, 0.15) is 29.8 Å². The molecule has 5 nitrogen and oxygen atoms in total. The highest BCUT2D eigenvalue weighted by atomic mass is 16.2. The van der Waals surface area contributed by atoms with E-state index in [2.05, 4.69) is 10.2 Å². The van der Waals surface area contributed by atoms with E-state index in [-0.39, 0.29) is 5.91 Å². The predicted octanol–water partition coefficient (Wildman–Crippen LogP) is 1.76. The molecule has 5 heteroatoms. The summed E-state index contributed by atoms with van der Waals surface area (Å²) in [7, 11) is 0. The molecule has 3 atom stereocenters. The quantitative estimate of drug-likeness (QED) is 0.838. The summed E-state index contributed by atoms with van der Waals surface area (Å²) in [6.07, 6.45) is 3.29. The zero-order valence-corrected chi connectivity index (χ0v) is 12.0. The lowest BCUT2D eigenvalue weighted by atomic mass is 9.79. The van der Waals surface area contributed by atoms with Crippen LogP contribution in [0.15, 0.2) is 24.3 Å². The minimum absolute atomic E-state index is 0.0513. The van der Waals surface area contributed by atoms with Gasteiger partial charge in [0, 0.05) is 24.5 Å². The molecule has 1 amide bonds. The Morgan fingerprint density at radius 1 is 1.24 bits per heavy atom. The van der Waals surface area contributed by atoms with Crippen molar-refractivity contribution in [2.75, 3.05) is 13.1 Å². The van der Waals surface area contributed by atoms with Crippen molar-refractivity contribution < 1.29 is 4.79 Å². The Balaban J connectivity index is 1.58. The summed E-state index contributed by atoms with van der Waals surface area (Å²) in [5.74, 6) is 1.25. The molecule has 3 N–H and O–H groups in total. The van der Waals surface area contributed by atoms with Crippen molar-refractivity contribution in [1.29, 1.82) is 0 Å². The predicted molar refractivity (Wildman–Crippen MR) is 80.8 cm³/mol. The van der Waals surface area contributed by atoms with Gasteiger partial charge < -0.3 is 10.6 Å². The molecule has 1 saturated carbocycles. The van der Waals surface area contributed by atoms with Gasteiger partial charge in [0.15, 0.2) is 5.69 Å². The first-order chi connectivity index (χ1) is 10.2. The smallest absolute Gasteiger partial charge is 0.275 e. The maximum absolute atomic E-state index is 12.8. The van der Waals surface area contributed by atoms with Crippen molar-refractivity contribution >= 4 is 16.8 Å². The molecule has 2 fully saturated rings. The number of hydrogen-bond donors (Lipinski definition) is 2. The van der Waals surface area contributed by atoms with E-state index >= 15 is 0 Å². The second-order valence-electron chi connectivity index (χ2n) is 6.42. The number of benzene rings is 1. The molecule has 2 aliphatic rings. The van der Waals surface area contributed by atoms with Gasteiger partial charge in [-0.15, -0.1) is 0 Å². The number of carbonyl (C=O) groups is 1. The summed E-state index contributed by atoms with van der Waals surface area (Å²) in [6, 6.07) is 8.10. The Hall–Kier alpha value is -1.88. The number of hydrogen-bond acceptors (Lipinski definition) is 3. The van der Waals surface area contributed by atoms with Crippen LogP contribution < -0.4 is 5.73 Å². The number of para-hydroxylation sites is 1. The fraction of sp³-hybridized carbons (Fsp3) is 0.500. The van der Waals surface area contributed by atoms with Gasteiger partial charge in [-0.1, -0.05) is 18.2 Å². The zero-order chi connectivity index (χ0) is 14.4. The lowest BCUT2D eigenvalue weighted by molar-refractivity contribution is 0.0780. The maximum atomic E-state index is 12.8. The molecule has 2 aromatic rings. The van der Waals surface area contributed by atoms with Crippen molar-refractivity contribution in [3.8, 4) is 0 Å². The van der Waals surface area contributed by atoms with Gasteiger partial charge in [0.05, 0.1) is 5.52 Å². The van der Waals surface area contributed by atoms with Gasteiger partial charge in [0.25, 0.3) is 5.91 Å². The Bertz CT molecular complexity index is 680. The van der Waals surface area contributed by atoms with Gasteiger partial charge in [-0.3, -0.25) is 9.89 Å². The summed E-state index contributed by atoms with van der Waals surface area (Å²) in [5.41, 5.74) is 7.53. The number of rotatable bonds is 1. The Kier molecular flexibility index (Phi) is 2.96. The number of nitrogens with two attached hydrogens (primary N) is 1. The number of likely N-dealkylation sites (tertiary alicyclic amines) is 1. The number of carbonyl (C=O) groups excluding carboxylic acids is 1. The molecule has 1 unspecified atom stereocenters. The Morgan fingerprint density at radius 2 is 2.05 bits per heavy atom. The largest absolute Gasteiger partial charge is 0.337 e. The first-order valence-corrected chi connectivity index (χ1v) is 7.70. The average molecular weight is 284 g/mol. The normalized spacial score (nSPS) is 28.8. The highest BCUT2D eigenvalue weighted by Crippen LogP contribution is 2.36. The molecule has 4 rings (SSSR count). The molecule has 1 saturated heterocycles. The second kappa shape index (κ2) is 4.84. The van der Waals surface area contributed by atoms with E-state index in [1.165, 1.54) is 0 Å². The topological polar surface area (TPSA) is 75.0 Å². The third-order valence-electron chi connectivity index (χ3n) is 5.05. The van der Waals surface area contributed by atoms with E-state index < -0.39 is 0 Å². The first kappa shape index (κ1) is 12.8. The maximum Gasteiger partial charge on any atom is 0.275 e. The van der Waals surface area contributed by atoms with Crippen LogP contribution in [0.4, 0.5) is 0 Å². The average Bonchev–Trinajstić information content (AvgIpc) is 3.09. The van der Waals surface area contributed by atoms with E-state index in [1.807, 2.05) is 29.2 Å². The van der Waals surface area contributed by atoms with E-state index in [9.17, 15) is 4.79 Å². The third kappa shape index (κ3) is 2.12. The SMILES string of the molecule is NC1CC[C@@H]2CN(C(=O)c3n[nH]c4ccccc34)C[C@@H]2C1. The molecule has 110 valence electrons. The first-order valence-electron chi connectivity index (χ1n) is 7.70. The van der Waals surface area contributed by atoms with Crippen LogP contribution in [-0.2, 0) is 0 Å². The van der Waals surface area contributed by atoms with Crippen LogP contribution in [0.3, 0.4) is 0 Å². The Morgan fingerprint density at radius 3 is 2.95 bits per heavy atom. The molecule has 1 aliphatic carbocycles. The van der Waals surface area contributed by atoms with Gasteiger partial charge in [-0.2, -0.15) is 5.10 Å². The van der Waals surface area contributed by atoms with Gasteiger partial charge in [-0.25, -0.2) is 0 Å². The van der Waals surface area contributed by atoms with Crippen molar-refractivity contribution in [2.24, 2.45) is 17.6 Å². The second-order valence-corrected chi connectivity index (χ2v) is 6.42. The van der Waals surface area contributed by atoms with Crippen LogP contribution >= 0.6 is 0 Å². The number of H-pyrrole nitrogens is 1. The number of nitrogens with one attached hydrogen (secondary N) is 1. The lowest BCUT2D eigenvalue weighted by Gasteiger charge is -2.27. The van der Waals surface area contributed by atoms with Gasteiger partial charge in [0.2, 0.25) is 0 Å². The van der Waals surface area contributed by atoms with Gasteiger partial charge in [0.1, 0.15) is 0 Å². The van der Waals surface area contributed by atoms with E-state index in [1.54, 1.807) is 0 Å². The number of fused-ring (bicyclic) bond motifs is 2. The van der Waals surface area contributed by atoms with Gasteiger partial charge in [-0.05, 0) is 37.2 Å². The van der Waals surface area contributed by atoms with Crippen LogP contribution in [0, 0.1) is 11.8 Å². The summed E-state index contributed by atoms with van der Waals surface area (Å²) in [5, 5.41) is 8.09. The fourth-order valence-corrected chi connectivity index (χ4v) is 3.91. The minimum atomic E-state index is 0.0513. The highest BCUT2D eigenvalue weighted by Gasteiger charge is 2.39. The number of aromatic nitrogens is 2. The summed E-state index contributed by atoms with van der Waals surface area (Å²) in [4.78, 5) is 14.7. The number of nitrogens with zero attached hydrogens (tertiary/aromatic N) is 2. The van der Waals surface area contributed by atoms with E-state index in [0.717, 1.165) is 43.3 Å². The molecule has 2 heterocycles. The van der Waals surface area contributed by atoms with Crippen molar-refractivity contribution in [3.63, 3.8) is 0 Å². The minimum Gasteiger partial charge on any atom is -0.337 e. The van der Waals surface area contributed by atoms with Crippen molar-refractivity contribution in [1.82, 2.24) is 15.1 Å². The summed E-state index contributed by atoms with van der Waals surface area (Å²) >= 11 is 0. The van der Waals surface area contributed by atoms with E-state index in [0.29, 0.717) is 23.6 Å². The molecule has 1 aromatic carbocycles. The molecule has 0 radical (unpaired) electrons. The summed E-state index contributed by atoms with van der Waals surface area (Å²) in [6.45, 7) is 1.69. The molecule has 0 spiro atoms. The molecule has 21 heavy (non-hydrogen) atoms.